The van der Waals surface area contributed by atoms with Crippen LogP contribution in [0.2, 0.25) is 0 Å². The van der Waals surface area contributed by atoms with Crippen LogP contribution in [0.4, 0.5) is 16.0 Å². The molecule has 1 aromatic carbocycles. The van der Waals surface area contributed by atoms with Crippen molar-refractivity contribution in [1.82, 2.24) is 0 Å². The summed E-state index contributed by atoms with van der Waals surface area (Å²) in [6.07, 6.45) is 0.694. The highest BCUT2D eigenvalue weighted by atomic mass is 19.1. The second kappa shape index (κ2) is 5.36. The third-order valence-electron chi connectivity index (χ3n) is 3.51. The zero-order chi connectivity index (χ0) is 13.9. The number of aldehydes is 1. The Kier molecular flexibility index (Phi) is 3.41. The van der Waals surface area contributed by atoms with Crippen LogP contribution in [0.3, 0.4) is 0 Å². The van der Waals surface area contributed by atoms with Crippen LogP contribution in [0.1, 0.15) is 10.6 Å². The fourth-order valence-corrected chi connectivity index (χ4v) is 2.45. The van der Waals surface area contributed by atoms with Crippen LogP contribution in [-0.2, 0) is 0 Å². The number of carbonyl (C=O) groups excluding carboxylic acids is 1. The van der Waals surface area contributed by atoms with Gasteiger partial charge in [-0.15, -0.1) is 0 Å². The molecule has 20 heavy (non-hydrogen) atoms. The molecular weight excluding hydrogens is 259 g/mol. The molecule has 1 fully saturated rings. The molecule has 0 unspecified atom stereocenters. The van der Waals surface area contributed by atoms with Gasteiger partial charge < -0.3 is 14.2 Å². The molecule has 1 aliphatic heterocycles. The van der Waals surface area contributed by atoms with E-state index >= 15 is 0 Å². The van der Waals surface area contributed by atoms with Gasteiger partial charge in [0, 0.05) is 32.2 Å². The van der Waals surface area contributed by atoms with Gasteiger partial charge in [0.15, 0.2) is 17.9 Å². The summed E-state index contributed by atoms with van der Waals surface area (Å²) in [5.74, 6) is 0.832. The summed E-state index contributed by atoms with van der Waals surface area (Å²) in [5, 5.41) is 0. The number of furan rings is 1. The molecule has 5 heteroatoms. The fraction of sp³-hybridized carbons (Fsp3) is 0.267. The molecule has 0 bridgehead atoms. The SMILES string of the molecule is O=Cc1ccc(N2CCN(c3ccccc3F)CC2)o1. The van der Waals surface area contributed by atoms with E-state index < -0.39 is 0 Å². The maximum Gasteiger partial charge on any atom is 0.196 e. The van der Waals surface area contributed by atoms with E-state index in [4.69, 9.17) is 4.42 Å². The molecule has 0 atom stereocenters. The zero-order valence-corrected chi connectivity index (χ0v) is 11.0. The Morgan fingerprint density at radius 2 is 1.70 bits per heavy atom. The minimum atomic E-state index is -0.192. The molecule has 1 aromatic heterocycles. The summed E-state index contributed by atoms with van der Waals surface area (Å²) >= 11 is 0. The Balaban J connectivity index is 1.68. The monoisotopic (exact) mass is 274 g/mol. The van der Waals surface area contributed by atoms with Gasteiger partial charge >= 0.3 is 0 Å². The van der Waals surface area contributed by atoms with Crippen molar-refractivity contribution in [1.29, 1.82) is 0 Å². The van der Waals surface area contributed by atoms with Gasteiger partial charge in [-0.25, -0.2) is 4.39 Å². The molecule has 1 saturated heterocycles. The van der Waals surface area contributed by atoms with Gasteiger partial charge in [-0.2, -0.15) is 0 Å². The summed E-state index contributed by atoms with van der Waals surface area (Å²) in [6.45, 7) is 2.91. The lowest BCUT2D eigenvalue weighted by Crippen LogP contribution is -2.46. The molecule has 1 aliphatic rings. The van der Waals surface area contributed by atoms with Crippen LogP contribution in [0, 0.1) is 5.82 Å². The van der Waals surface area contributed by atoms with Crippen LogP contribution in [-0.4, -0.2) is 32.5 Å². The molecule has 0 saturated carbocycles. The largest absolute Gasteiger partial charge is 0.438 e. The Labute approximate surface area is 116 Å². The average Bonchev–Trinajstić information content (AvgIpc) is 2.97. The lowest BCUT2D eigenvalue weighted by Gasteiger charge is -2.36. The first-order valence-electron chi connectivity index (χ1n) is 6.57. The zero-order valence-electron chi connectivity index (χ0n) is 11.0. The first-order chi connectivity index (χ1) is 9.78. The van der Waals surface area contributed by atoms with Crippen LogP contribution in [0.15, 0.2) is 40.8 Å². The topological polar surface area (TPSA) is 36.7 Å². The standard InChI is InChI=1S/C15H15FN2O2/c16-13-3-1-2-4-14(13)17-7-9-18(10-8-17)15-6-5-12(11-19)20-15/h1-6,11H,7-10H2. The second-order valence-electron chi connectivity index (χ2n) is 4.72. The molecular formula is C15H15FN2O2. The van der Waals surface area contributed by atoms with Crippen LogP contribution in [0.25, 0.3) is 0 Å². The predicted octanol–water partition coefficient (Wildman–Crippen LogP) is 2.56. The van der Waals surface area contributed by atoms with E-state index in [9.17, 15) is 9.18 Å². The Bertz CT molecular complexity index is 603. The van der Waals surface area contributed by atoms with Gasteiger partial charge in [-0.1, -0.05) is 12.1 Å². The maximum atomic E-state index is 13.7. The highest BCUT2D eigenvalue weighted by Crippen LogP contribution is 2.23. The van der Waals surface area contributed by atoms with Crippen molar-refractivity contribution in [3.8, 4) is 0 Å². The third kappa shape index (κ3) is 2.39. The predicted molar refractivity (Wildman–Crippen MR) is 74.9 cm³/mol. The molecule has 3 rings (SSSR count). The summed E-state index contributed by atoms with van der Waals surface area (Å²) in [4.78, 5) is 14.7. The third-order valence-corrected chi connectivity index (χ3v) is 3.51. The van der Waals surface area contributed by atoms with Crippen molar-refractivity contribution in [3.05, 3.63) is 48.0 Å². The minimum Gasteiger partial charge on any atom is -0.438 e. The van der Waals surface area contributed by atoms with E-state index in [0.29, 0.717) is 23.6 Å². The first-order valence-corrected chi connectivity index (χ1v) is 6.57. The maximum absolute atomic E-state index is 13.7. The number of carbonyl (C=O) groups is 1. The van der Waals surface area contributed by atoms with Crippen LogP contribution < -0.4 is 9.80 Å². The van der Waals surface area contributed by atoms with E-state index in [0.717, 1.165) is 26.2 Å². The lowest BCUT2D eigenvalue weighted by atomic mass is 10.2. The minimum absolute atomic E-state index is 0.192. The fourth-order valence-electron chi connectivity index (χ4n) is 2.45. The molecule has 0 N–H and O–H groups in total. The van der Waals surface area contributed by atoms with Gasteiger partial charge in [-0.05, 0) is 18.2 Å². The summed E-state index contributed by atoms with van der Waals surface area (Å²) < 4.78 is 19.1. The van der Waals surface area contributed by atoms with E-state index in [1.54, 1.807) is 24.3 Å². The van der Waals surface area contributed by atoms with Crippen molar-refractivity contribution < 1.29 is 13.6 Å². The highest BCUT2D eigenvalue weighted by molar-refractivity contribution is 5.71. The van der Waals surface area contributed by atoms with Crippen molar-refractivity contribution in [3.63, 3.8) is 0 Å². The van der Waals surface area contributed by atoms with Crippen LogP contribution >= 0.6 is 0 Å². The van der Waals surface area contributed by atoms with Gasteiger partial charge in [0.1, 0.15) is 5.82 Å². The second-order valence-corrected chi connectivity index (χ2v) is 4.72. The molecule has 0 radical (unpaired) electrons. The van der Waals surface area contributed by atoms with Crippen molar-refractivity contribution in [2.45, 2.75) is 0 Å². The smallest absolute Gasteiger partial charge is 0.196 e. The van der Waals surface area contributed by atoms with Crippen molar-refractivity contribution >= 4 is 17.9 Å². The highest BCUT2D eigenvalue weighted by Gasteiger charge is 2.21. The van der Waals surface area contributed by atoms with Crippen molar-refractivity contribution in [2.24, 2.45) is 0 Å². The van der Waals surface area contributed by atoms with Gasteiger partial charge in [-0.3, -0.25) is 4.79 Å². The Morgan fingerprint density at radius 1 is 1.00 bits per heavy atom. The number of nitrogens with zero attached hydrogens (tertiary/aromatic N) is 2. The van der Waals surface area contributed by atoms with E-state index in [1.165, 1.54) is 6.07 Å². The van der Waals surface area contributed by atoms with Crippen LogP contribution in [0.5, 0.6) is 0 Å². The Morgan fingerprint density at radius 3 is 2.35 bits per heavy atom. The van der Waals surface area contributed by atoms with Crippen molar-refractivity contribution in [2.75, 3.05) is 36.0 Å². The molecule has 0 aliphatic carbocycles. The number of benzene rings is 1. The number of rotatable bonds is 3. The molecule has 2 heterocycles. The molecule has 2 aromatic rings. The normalized spacial score (nSPS) is 15.4. The Hall–Kier alpha value is -2.30. The van der Waals surface area contributed by atoms with Gasteiger partial charge in [0.2, 0.25) is 0 Å². The number of halogens is 1. The quantitative estimate of drug-likeness (QED) is 0.806. The number of hydrogen-bond donors (Lipinski definition) is 0. The molecule has 104 valence electrons. The van der Waals surface area contributed by atoms with E-state index in [1.807, 2.05) is 11.0 Å². The van der Waals surface area contributed by atoms with E-state index in [-0.39, 0.29) is 5.82 Å². The number of piperazine rings is 1. The summed E-state index contributed by atoms with van der Waals surface area (Å²) in [6, 6.07) is 10.3. The van der Waals surface area contributed by atoms with Gasteiger partial charge in [0.25, 0.3) is 0 Å². The molecule has 0 spiro atoms. The summed E-state index contributed by atoms with van der Waals surface area (Å²) in [5.41, 5.74) is 0.639. The number of anilines is 2. The lowest BCUT2D eigenvalue weighted by molar-refractivity contribution is 0.110. The molecule has 0 amide bonds. The number of para-hydroxylation sites is 1. The average molecular weight is 274 g/mol. The van der Waals surface area contributed by atoms with Gasteiger partial charge in [0.05, 0.1) is 5.69 Å². The number of hydrogen-bond acceptors (Lipinski definition) is 4. The summed E-state index contributed by atoms with van der Waals surface area (Å²) in [7, 11) is 0. The first kappa shape index (κ1) is 12.7. The molecule has 4 nitrogen and oxygen atoms in total. The van der Waals surface area contributed by atoms with E-state index in [2.05, 4.69) is 4.90 Å².